The van der Waals surface area contributed by atoms with Crippen LogP contribution in [0, 0.1) is 13.8 Å². The quantitative estimate of drug-likeness (QED) is 0.548. The molecule has 6 nitrogen and oxygen atoms in total. The SMILES string of the molecule is COc1ccc(C(=O)C[C@]2(O)C(=O)N(Cc3ccc(C)cc3C)c3ccccc32)cc1OC. The van der Waals surface area contributed by atoms with Crippen LogP contribution in [0.4, 0.5) is 5.69 Å². The van der Waals surface area contributed by atoms with Gasteiger partial charge in [-0.3, -0.25) is 9.59 Å². The lowest BCUT2D eigenvalue weighted by Crippen LogP contribution is -2.41. The molecule has 0 aliphatic carbocycles. The van der Waals surface area contributed by atoms with Crippen molar-refractivity contribution in [3.63, 3.8) is 0 Å². The third-order valence-corrected chi connectivity index (χ3v) is 6.19. The van der Waals surface area contributed by atoms with Crippen molar-refractivity contribution in [1.82, 2.24) is 0 Å². The Morgan fingerprint density at radius 1 is 0.970 bits per heavy atom. The molecule has 0 unspecified atom stereocenters. The van der Waals surface area contributed by atoms with E-state index in [1.54, 1.807) is 41.3 Å². The molecule has 1 atom stereocenters. The Kier molecular flexibility index (Phi) is 5.95. The van der Waals surface area contributed by atoms with E-state index in [0.717, 1.165) is 16.7 Å². The summed E-state index contributed by atoms with van der Waals surface area (Å²) in [5.41, 5.74) is 2.63. The van der Waals surface area contributed by atoms with Crippen molar-refractivity contribution >= 4 is 17.4 Å². The summed E-state index contributed by atoms with van der Waals surface area (Å²) in [6, 6.07) is 17.9. The zero-order chi connectivity index (χ0) is 23.8. The number of benzene rings is 3. The van der Waals surface area contributed by atoms with Crippen LogP contribution in [-0.2, 0) is 16.9 Å². The summed E-state index contributed by atoms with van der Waals surface area (Å²) in [5, 5.41) is 11.6. The molecule has 6 heteroatoms. The summed E-state index contributed by atoms with van der Waals surface area (Å²) in [4.78, 5) is 28.3. The van der Waals surface area contributed by atoms with Gasteiger partial charge in [-0.2, -0.15) is 0 Å². The molecule has 170 valence electrons. The minimum Gasteiger partial charge on any atom is -0.493 e. The summed E-state index contributed by atoms with van der Waals surface area (Å²) in [5.74, 6) is 0.0344. The van der Waals surface area contributed by atoms with Gasteiger partial charge in [0, 0.05) is 11.1 Å². The number of Topliss-reactive ketones (excluding diaryl/α,β-unsaturated/α-hetero) is 1. The number of fused-ring (bicyclic) bond motifs is 1. The van der Waals surface area contributed by atoms with Crippen LogP contribution in [0.5, 0.6) is 11.5 Å². The fraction of sp³-hybridized carbons (Fsp3) is 0.259. The maximum absolute atomic E-state index is 13.5. The van der Waals surface area contributed by atoms with Gasteiger partial charge in [-0.15, -0.1) is 0 Å². The maximum atomic E-state index is 13.5. The fourth-order valence-electron chi connectivity index (χ4n) is 4.37. The summed E-state index contributed by atoms with van der Waals surface area (Å²) >= 11 is 0. The number of hydrogen-bond donors (Lipinski definition) is 1. The van der Waals surface area contributed by atoms with E-state index in [0.29, 0.717) is 34.9 Å². The molecular formula is C27H27NO5. The van der Waals surface area contributed by atoms with Gasteiger partial charge in [0.15, 0.2) is 22.9 Å². The van der Waals surface area contributed by atoms with Gasteiger partial charge in [0.25, 0.3) is 5.91 Å². The zero-order valence-corrected chi connectivity index (χ0v) is 19.2. The standard InChI is InChI=1S/C27H27NO5/c1-17-9-10-20(18(2)13-17)16-28-22-8-6-5-7-21(22)27(31,26(28)30)15-23(29)19-11-12-24(32-3)25(14-19)33-4/h5-14,31H,15-16H2,1-4H3/t27-/m1/s1. The number of carbonyl (C=O) groups is 2. The van der Waals surface area contributed by atoms with E-state index < -0.39 is 11.5 Å². The molecule has 4 rings (SSSR count). The highest BCUT2D eigenvalue weighted by molar-refractivity contribution is 6.10. The van der Waals surface area contributed by atoms with Crippen LogP contribution in [0.2, 0.25) is 0 Å². The zero-order valence-electron chi connectivity index (χ0n) is 19.2. The summed E-state index contributed by atoms with van der Waals surface area (Å²) < 4.78 is 10.5. The van der Waals surface area contributed by atoms with Crippen LogP contribution in [0.3, 0.4) is 0 Å². The molecule has 1 aliphatic rings. The molecule has 0 radical (unpaired) electrons. The molecule has 0 saturated carbocycles. The highest BCUT2D eigenvalue weighted by atomic mass is 16.5. The Morgan fingerprint density at radius 3 is 2.39 bits per heavy atom. The Hall–Kier alpha value is -3.64. The maximum Gasteiger partial charge on any atom is 0.264 e. The predicted molar refractivity (Wildman–Crippen MR) is 126 cm³/mol. The lowest BCUT2D eigenvalue weighted by Gasteiger charge is -2.23. The summed E-state index contributed by atoms with van der Waals surface area (Å²) in [6.45, 7) is 4.34. The highest BCUT2D eigenvalue weighted by Crippen LogP contribution is 2.44. The lowest BCUT2D eigenvalue weighted by atomic mass is 9.88. The lowest BCUT2D eigenvalue weighted by molar-refractivity contribution is -0.136. The highest BCUT2D eigenvalue weighted by Gasteiger charge is 2.50. The van der Waals surface area contributed by atoms with Crippen LogP contribution >= 0.6 is 0 Å². The average Bonchev–Trinajstić information content (AvgIpc) is 3.02. The molecule has 0 aromatic heterocycles. The largest absolute Gasteiger partial charge is 0.493 e. The molecule has 3 aromatic rings. The topological polar surface area (TPSA) is 76.1 Å². The molecule has 0 spiro atoms. The third-order valence-electron chi connectivity index (χ3n) is 6.19. The van der Waals surface area contributed by atoms with Gasteiger partial charge in [-0.1, -0.05) is 42.0 Å². The number of amides is 1. The smallest absolute Gasteiger partial charge is 0.264 e. The average molecular weight is 446 g/mol. The molecule has 1 heterocycles. The molecule has 0 bridgehead atoms. The van der Waals surface area contributed by atoms with Gasteiger partial charge in [-0.05, 0) is 49.2 Å². The second-order valence-electron chi connectivity index (χ2n) is 8.37. The minimum atomic E-state index is -1.94. The minimum absolute atomic E-state index is 0.314. The number of nitrogens with zero attached hydrogens (tertiary/aromatic N) is 1. The van der Waals surface area contributed by atoms with Gasteiger partial charge in [0.1, 0.15) is 0 Å². The number of para-hydroxylation sites is 1. The summed E-state index contributed by atoms with van der Waals surface area (Å²) in [7, 11) is 3.00. The molecule has 0 fully saturated rings. The van der Waals surface area contributed by atoms with Crippen molar-refractivity contribution < 1.29 is 24.2 Å². The monoisotopic (exact) mass is 445 g/mol. The van der Waals surface area contributed by atoms with Crippen LogP contribution in [0.15, 0.2) is 60.7 Å². The van der Waals surface area contributed by atoms with Crippen molar-refractivity contribution in [1.29, 1.82) is 0 Å². The number of anilines is 1. The van der Waals surface area contributed by atoms with Gasteiger partial charge in [0.05, 0.1) is 32.9 Å². The number of methoxy groups -OCH3 is 2. The van der Waals surface area contributed by atoms with Crippen molar-refractivity contribution in [3.8, 4) is 11.5 Å². The number of hydrogen-bond acceptors (Lipinski definition) is 5. The summed E-state index contributed by atoms with van der Waals surface area (Å²) in [6.07, 6.45) is -0.373. The number of rotatable bonds is 7. The van der Waals surface area contributed by atoms with E-state index in [1.807, 2.05) is 32.0 Å². The number of ketones is 1. The molecule has 33 heavy (non-hydrogen) atoms. The number of aliphatic hydroxyl groups is 1. The van der Waals surface area contributed by atoms with E-state index in [-0.39, 0.29) is 12.2 Å². The molecule has 1 amide bonds. The van der Waals surface area contributed by atoms with Gasteiger partial charge in [-0.25, -0.2) is 0 Å². The Labute approximate surface area is 193 Å². The van der Waals surface area contributed by atoms with Gasteiger partial charge in [0.2, 0.25) is 0 Å². The third kappa shape index (κ3) is 3.98. The van der Waals surface area contributed by atoms with E-state index >= 15 is 0 Å². The molecule has 1 N–H and O–H groups in total. The van der Waals surface area contributed by atoms with E-state index in [9.17, 15) is 14.7 Å². The number of ether oxygens (including phenoxy) is 2. The molecular weight excluding hydrogens is 418 g/mol. The first-order chi connectivity index (χ1) is 15.8. The van der Waals surface area contributed by atoms with Crippen LogP contribution in [0.1, 0.15) is 39.0 Å². The Bertz CT molecular complexity index is 1230. The van der Waals surface area contributed by atoms with Gasteiger partial charge < -0.3 is 19.5 Å². The first-order valence-corrected chi connectivity index (χ1v) is 10.7. The molecule has 0 saturated heterocycles. The molecule has 3 aromatic carbocycles. The van der Waals surface area contributed by atoms with Gasteiger partial charge >= 0.3 is 0 Å². The van der Waals surface area contributed by atoms with Crippen molar-refractivity contribution in [2.24, 2.45) is 0 Å². The second kappa shape index (κ2) is 8.71. The van der Waals surface area contributed by atoms with Crippen LogP contribution < -0.4 is 14.4 Å². The fourth-order valence-corrected chi connectivity index (χ4v) is 4.37. The first-order valence-electron chi connectivity index (χ1n) is 10.7. The Morgan fingerprint density at radius 2 is 1.70 bits per heavy atom. The van der Waals surface area contributed by atoms with Crippen molar-refractivity contribution in [2.45, 2.75) is 32.4 Å². The van der Waals surface area contributed by atoms with E-state index in [1.165, 1.54) is 14.2 Å². The Balaban J connectivity index is 1.67. The number of aryl methyl sites for hydroxylation is 2. The first kappa shape index (κ1) is 22.6. The van der Waals surface area contributed by atoms with Crippen molar-refractivity contribution in [2.75, 3.05) is 19.1 Å². The molecule has 1 aliphatic heterocycles. The van der Waals surface area contributed by atoms with E-state index in [4.69, 9.17) is 9.47 Å². The predicted octanol–water partition coefficient (Wildman–Crippen LogP) is 4.33. The van der Waals surface area contributed by atoms with Crippen molar-refractivity contribution in [3.05, 3.63) is 88.5 Å². The van der Waals surface area contributed by atoms with Crippen LogP contribution in [-0.4, -0.2) is 31.0 Å². The normalized spacial score (nSPS) is 17.1. The second-order valence-corrected chi connectivity index (χ2v) is 8.37. The van der Waals surface area contributed by atoms with Crippen LogP contribution in [0.25, 0.3) is 0 Å². The van der Waals surface area contributed by atoms with E-state index in [2.05, 4.69) is 6.07 Å². The number of carbonyl (C=O) groups excluding carboxylic acids is 2.